The van der Waals surface area contributed by atoms with E-state index in [9.17, 15) is 39.3 Å². The van der Waals surface area contributed by atoms with Gasteiger partial charge in [-0.15, -0.1) is 11.8 Å². The van der Waals surface area contributed by atoms with Crippen molar-refractivity contribution in [3.05, 3.63) is 41.7 Å². The number of carbonyl (C=O) groups is 5. The summed E-state index contributed by atoms with van der Waals surface area (Å²) in [5.74, 6) is -3.51. The summed E-state index contributed by atoms with van der Waals surface area (Å²) in [5, 5.41) is 40.2. The van der Waals surface area contributed by atoms with Crippen LogP contribution in [0.15, 0.2) is 36.1 Å². The summed E-state index contributed by atoms with van der Waals surface area (Å²) in [7, 11) is 0. The first-order chi connectivity index (χ1) is 18.3. The fourth-order valence-corrected chi connectivity index (χ4v) is 6.49. The van der Waals surface area contributed by atoms with Crippen molar-refractivity contribution < 1.29 is 101 Å². The number of thioether (sulfide) groups is 1. The van der Waals surface area contributed by atoms with Gasteiger partial charge in [0.15, 0.2) is 6.23 Å². The number of fused-ring (bicyclic) bond motifs is 2. The van der Waals surface area contributed by atoms with Crippen LogP contribution in [-0.4, -0.2) is 95.9 Å². The normalized spacial score (nSPS) is 27.5. The van der Waals surface area contributed by atoms with Crippen LogP contribution in [0.5, 0.6) is 5.75 Å². The molecular formula is C26H35KN4O10S. The topological polar surface area (TPSA) is 223 Å². The average molecular weight is 635 g/mol. The van der Waals surface area contributed by atoms with Gasteiger partial charge in [-0.25, -0.2) is 4.79 Å². The number of amides is 3. The number of nitrogens with zero attached hydrogens (tertiary/aromatic N) is 2. The quantitative estimate of drug-likeness (QED) is 0.149. The van der Waals surface area contributed by atoms with Crippen molar-refractivity contribution in [2.24, 2.45) is 5.73 Å². The zero-order valence-corrected chi connectivity index (χ0v) is 25.8. The minimum atomic E-state index is -1.39. The largest absolute Gasteiger partial charge is 1.00 e. The third kappa shape index (κ3) is 6.96. The molecule has 16 heteroatoms. The van der Waals surface area contributed by atoms with Crippen molar-refractivity contribution in [1.29, 1.82) is 0 Å². The maximum absolute atomic E-state index is 12.3. The number of nitrogens with one attached hydrogen (secondary N) is 1. The Morgan fingerprint density at radius 1 is 1.21 bits per heavy atom. The number of hydrogen-bond acceptors (Lipinski definition) is 11. The number of phenols is 1. The number of ether oxygens (including phenoxy) is 1. The molecule has 42 heavy (non-hydrogen) atoms. The second-order valence-corrected chi connectivity index (χ2v) is 11.5. The minimum absolute atomic E-state index is 0. The van der Waals surface area contributed by atoms with E-state index in [1.54, 1.807) is 13.8 Å². The summed E-state index contributed by atoms with van der Waals surface area (Å²) < 4.78 is 4.48. The number of benzene rings is 1. The molecule has 4 heterocycles. The predicted molar refractivity (Wildman–Crippen MR) is 144 cm³/mol. The average Bonchev–Trinajstić information content (AvgIpc) is 3.31. The van der Waals surface area contributed by atoms with Gasteiger partial charge >= 0.3 is 57.4 Å². The molecule has 5 rings (SSSR count). The van der Waals surface area contributed by atoms with Crippen molar-refractivity contribution in [3.8, 4) is 5.75 Å². The van der Waals surface area contributed by atoms with Gasteiger partial charge in [-0.2, -0.15) is 0 Å². The number of aliphatic hydroxyl groups is 1. The third-order valence-electron chi connectivity index (χ3n) is 6.79. The number of hydrogen-bond donors (Lipinski definition) is 5. The van der Waals surface area contributed by atoms with Gasteiger partial charge < -0.3 is 45.9 Å². The zero-order chi connectivity index (χ0) is 28.8. The Hall–Kier alpha value is -2.18. The third-order valence-corrected chi connectivity index (χ3v) is 8.36. The van der Waals surface area contributed by atoms with Crippen molar-refractivity contribution in [2.75, 3.05) is 6.61 Å². The second-order valence-electron chi connectivity index (χ2n) is 9.74. The Morgan fingerprint density at radius 2 is 1.81 bits per heavy atom. The summed E-state index contributed by atoms with van der Waals surface area (Å²) in [6.45, 7) is 3.21. The van der Waals surface area contributed by atoms with E-state index < -0.39 is 64.3 Å². The molecule has 0 saturated carbocycles. The Kier molecular flexibility index (Phi) is 13.1. The number of aliphatic hydroxyl groups excluding tert-OH is 1. The minimum Gasteiger partial charge on any atom is -0.547 e. The Morgan fingerprint density at radius 3 is 2.31 bits per heavy atom. The fourth-order valence-electron chi connectivity index (χ4n) is 4.87. The van der Waals surface area contributed by atoms with Crippen LogP contribution < -0.4 is 67.5 Å². The number of rotatable bonds is 6. The van der Waals surface area contributed by atoms with E-state index in [1.807, 2.05) is 0 Å². The van der Waals surface area contributed by atoms with E-state index >= 15 is 0 Å². The van der Waals surface area contributed by atoms with Crippen LogP contribution >= 0.6 is 11.8 Å². The van der Waals surface area contributed by atoms with Crippen molar-refractivity contribution in [3.63, 3.8) is 0 Å². The maximum Gasteiger partial charge on any atom is 1.00 e. The summed E-state index contributed by atoms with van der Waals surface area (Å²) in [6, 6.07) is 2.03. The molecule has 226 valence electrons. The number of aromatic hydroxyl groups is 1. The molecule has 0 spiro atoms. The number of aliphatic carboxylic acids is 2. The van der Waals surface area contributed by atoms with Crippen LogP contribution in [0.4, 0.5) is 0 Å². The van der Waals surface area contributed by atoms with Crippen molar-refractivity contribution >= 4 is 41.4 Å². The first-order valence-electron chi connectivity index (χ1n) is 11.9. The molecule has 6 atom stereocenters. The van der Waals surface area contributed by atoms with Gasteiger partial charge in [0.25, 0.3) is 0 Å². The van der Waals surface area contributed by atoms with Gasteiger partial charge in [0.05, 0.1) is 19.0 Å². The number of carbonyl (C=O) groups excluding carboxylic acids is 4. The molecule has 0 unspecified atom stereocenters. The van der Waals surface area contributed by atoms with Crippen LogP contribution in [-0.2, 0) is 28.7 Å². The molecule has 0 radical (unpaired) electrons. The monoisotopic (exact) mass is 634 g/mol. The van der Waals surface area contributed by atoms with Gasteiger partial charge in [-0.05, 0) is 37.6 Å². The molecule has 0 aliphatic carbocycles. The Bertz CT molecular complexity index is 1240. The molecule has 3 amide bonds. The Balaban J connectivity index is 0.000000446. The first-order valence-corrected chi connectivity index (χ1v) is 12.7. The summed E-state index contributed by atoms with van der Waals surface area (Å²) in [6.07, 6.45) is 0.918. The number of nitrogens with two attached hydrogens (primary N) is 1. The molecule has 14 nitrogen and oxygen atoms in total. The summed E-state index contributed by atoms with van der Waals surface area (Å²) in [4.78, 5) is 60.3. The molecule has 0 aromatic heterocycles. The van der Waals surface area contributed by atoms with E-state index in [0.29, 0.717) is 5.56 Å². The zero-order valence-electron chi connectivity index (χ0n) is 21.8. The van der Waals surface area contributed by atoms with E-state index in [-0.39, 0.29) is 96.7 Å². The maximum atomic E-state index is 12.3. The van der Waals surface area contributed by atoms with Gasteiger partial charge in [0.2, 0.25) is 17.7 Å². The van der Waals surface area contributed by atoms with E-state index in [2.05, 4.69) is 5.32 Å². The molecule has 4 saturated heterocycles. The number of phenolic OH excluding ortho intramolecular Hbond substituents is 1. The van der Waals surface area contributed by atoms with E-state index in [0.717, 1.165) is 4.90 Å². The van der Waals surface area contributed by atoms with Crippen molar-refractivity contribution in [2.45, 2.75) is 75.6 Å². The van der Waals surface area contributed by atoms with Crippen LogP contribution in [0.2, 0.25) is 0 Å². The predicted octanol–water partition coefficient (Wildman–Crippen LogP) is -4.13. The molecule has 1 aromatic carbocycles. The van der Waals surface area contributed by atoms with Crippen LogP contribution in [0.25, 0.3) is 0 Å². The van der Waals surface area contributed by atoms with E-state index in [4.69, 9.17) is 15.6 Å². The van der Waals surface area contributed by atoms with Gasteiger partial charge in [-0.3, -0.25) is 19.3 Å². The standard InChI is InChI=1S/C16H19N3O5S.C8H9NO5.2CH4.K/c1-16(2)11(15(23)24)19-13(22)10(14(19)25-16)18-12(21)9(17)7-3-5-8(20)6-4-7;10-2-1-4-7(8(12)13)9-5(11)3-6(9)14-4;;;/h3-6,9-11,14,20H,17H2,1-2H3,(H,18,21)(H,23,24);1,6-7,10H,2-3H2,(H,12,13);2*1H4;/q;;;;+1/p-1/b;4-1-;;;/t9-,10-,11+,14-;6-,7-;;;/m11.../s1. The SMILES string of the molecule is C.C.CC1(C)S[C@@H]2[C@H](NC(=O)[C@H](N)c3ccc(O)cc3)C(=O)N2[C@H]1C(=O)O.O=C([O-])[C@H]1/C(=C/CO)O[C@@H]2CC(=O)N21.[K+]. The first kappa shape index (κ1) is 37.8. The van der Waals surface area contributed by atoms with Crippen LogP contribution in [0.3, 0.4) is 0 Å². The fraction of sp³-hybridized carbons (Fsp3) is 0.500. The molecular weight excluding hydrogens is 599 g/mol. The Labute approximate surface area is 290 Å². The van der Waals surface area contributed by atoms with Gasteiger partial charge in [0.1, 0.15) is 41.0 Å². The smallest absolute Gasteiger partial charge is 0.547 e. The summed E-state index contributed by atoms with van der Waals surface area (Å²) in [5.41, 5.74) is 6.41. The number of β-lactam (4-membered cyclic amide) rings is 2. The van der Waals surface area contributed by atoms with E-state index in [1.165, 1.54) is 47.0 Å². The number of carboxylic acid groups (broad SMARTS) is 2. The molecule has 4 aliphatic heterocycles. The molecule has 4 aliphatic rings. The molecule has 1 aromatic rings. The van der Waals surface area contributed by atoms with Crippen LogP contribution in [0.1, 0.15) is 46.7 Å². The van der Waals surface area contributed by atoms with Crippen LogP contribution in [0, 0.1) is 0 Å². The van der Waals surface area contributed by atoms with Gasteiger partial charge in [-0.1, -0.05) is 27.0 Å². The van der Waals surface area contributed by atoms with Gasteiger partial charge in [0, 0.05) is 4.75 Å². The summed E-state index contributed by atoms with van der Waals surface area (Å²) >= 11 is 1.35. The molecule has 0 bridgehead atoms. The molecule has 6 N–H and O–H groups in total. The number of carboxylic acids is 2. The molecule has 4 fully saturated rings. The second kappa shape index (κ2) is 14.5. The van der Waals surface area contributed by atoms with Crippen molar-refractivity contribution in [1.82, 2.24) is 15.1 Å².